The molecule has 4 heterocycles. The first kappa shape index (κ1) is 62.8. The van der Waals surface area contributed by atoms with E-state index < -0.39 is 0 Å². The Balaban J connectivity index is 0.000000132. The van der Waals surface area contributed by atoms with E-state index in [1.165, 1.54) is 81.7 Å². The monoisotopic (exact) mass is 1380 g/mol. The van der Waals surface area contributed by atoms with Crippen LogP contribution in [-0.2, 0) is 159 Å². The molecular weight excluding hydrogens is 1320 g/mol. The third-order valence-corrected chi connectivity index (χ3v) is 15.3. The zero-order chi connectivity index (χ0) is 54.1. The summed E-state index contributed by atoms with van der Waals surface area (Å²) in [6, 6.07) is 110. The molecular formula is C76H52N4Y4-8. The van der Waals surface area contributed by atoms with Crippen LogP contribution in [0, 0.1) is 48.5 Å². The van der Waals surface area contributed by atoms with Gasteiger partial charge in [-0.2, -0.15) is 151 Å². The molecule has 396 valence electrons. The minimum atomic E-state index is 0. The number of hydrogen-bond acceptors (Lipinski definition) is 0. The number of para-hydroxylation sites is 4. The molecule has 4 nitrogen and oxygen atoms in total. The van der Waals surface area contributed by atoms with E-state index in [1.807, 2.05) is 72.8 Å². The van der Waals surface area contributed by atoms with Gasteiger partial charge in [-0.05, 0) is 62.5 Å². The second-order valence-corrected chi connectivity index (χ2v) is 20.0. The van der Waals surface area contributed by atoms with Gasteiger partial charge >= 0.3 is 0 Å². The van der Waals surface area contributed by atoms with Crippen molar-refractivity contribution in [2.75, 3.05) is 0 Å². The van der Waals surface area contributed by atoms with Gasteiger partial charge in [-0.3, -0.25) is 0 Å². The molecule has 0 N–H and O–H groups in total. The van der Waals surface area contributed by atoms with E-state index in [1.54, 1.807) is 0 Å². The smallest absolute Gasteiger partial charge is 0.0389 e. The average molecular weight is 1380 g/mol. The maximum absolute atomic E-state index is 3.55. The summed E-state index contributed by atoms with van der Waals surface area (Å²) < 4.78 is 8.89. The van der Waals surface area contributed by atoms with Crippen LogP contribution in [0.5, 0.6) is 0 Å². The number of rotatable bonds is 4. The molecule has 0 spiro atoms. The van der Waals surface area contributed by atoms with Crippen molar-refractivity contribution in [3.05, 3.63) is 291 Å². The molecule has 4 radical (unpaired) electrons. The van der Waals surface area contributed by atoms with Crippen LogP contribution in [-0.4, -0.2) is 18.3 Å². The molecule has 84 heavy (non-hydrogen) atoms. The third-order valence-electron chi connectivity index (χ3n) is 15.3. The van der Waals surface area contributed by atoms with Gasteiger partial charge in [-0.25, -0.2) is 38.9 Å². The van der Waals surface area contributed by atoms with Crippen LogP contribution >= 0.6 is 0 Å². The second kappa shape index (κ2) is 28.2. The minimum absolute atomic E-state index is 0. The Morgan fingerprint density at radius 3 is 1.17 bits per heavy atom. The summed E-state index contributed by atoms with van der Waals surface area (Å²) >= 11 is 0. The van der Waals surface area contributed by atoms with Crippen molar-refractivity contribution in [1.29, 1.82) is 0 Å². The van der Waals surface area contributed by atoms with Crippen molar-refractivity contribution in [3.63, 3.8) is 0 Å². The van der Waals surface area contributed by atoms with Crippen LogP contribution in [0.25, 0.3) is 132 Å². The Kier molecular flexibility index (Phi) is 21.1. The molecule has 0 aliphatic carbocycles. The molecule has 4 aromatic heterocycles. The van der Waals surface area contributed by atoms with Gasteiger partial charge in [0.2, 0.25) is 0 Å². The maximum Gasteiger partial charge on any atom is 0.0389 e. The molecule has 16 aromatic rings. The molecule has 0 fully saturated rings. The van der Waals surface area contributed by atoms with Crippen molar-refractivity contribution in [1.82, 2.24) is 18.3 Å². The van der Waals surface area contributed by atoms with Crippen LogP contribution in [0.2, 0.25) is 0 Å². The Labute approximate surface area is 592 Å². The topological polar surface area (TPSA) is 19.7 Å². The van der Waals surface area contributed by atoms with E-state index in [4.69, 9.17) is 0 Å². The van der Waals surface area contributed by atoms with Gasteiger partial charge in [0.25, 0.3) is 0 Å². The normalized spacial score (nSPS) is 10.7. The molecule has 0 saturated heterocycles. The predicted molar refractivity (Wildman–Crippen MR) is 334 cm³/mol. The SMILES string of the molecule is Cn1c2[c-]c(-c3[c-]cccc3)ccc2c2ccccc21.Cn1c2c[c-]c(-c3[c-]cccc3)cc2c2ccccc21.Cn1c2ccc(-c3[c-]cccc3)[c-]c2c2ccccc21.Cn1c2ccccc2c2c[c-]c(-c3[c-]cccc3)cc21.[Y].[Y].[Y].[Y]. The standard InChI is InChI=1S/4C19H13N.4Y/c2*1-20-18-10-6-5-9-16(18)17-13-15(11-12-19(17)20)14-7-3-2-4-8-14;2*1-20-18-10-6-5-9-16(18)17-12-11-15(13-19(17)20)14-7-3-2-4-8-14;;;;/h2-7,9-10,12-13H,1H3;2-7,9-12H,1H3;2-7,9-10,12-13H,1H3;2-7,9-12H,1H3;;;;/q4*-2;;;;. The number of benzene rings is 12. The first-order chi connectivity index (χ1) is 39.4. The predicted octanol–water partition coefficient (Wildman–Crippen LogP) is 18.4. The van der Waals surface area contributed by atoms with Gasteiger partial charge in [0.05, 0.1) is 0 Å². The van der Waals surface area contributed by atoms with Gasteiger partial charge in [0.1, 0.15) is 0 Å². The minimum Gasteiger partial charge on any atom is -0.383 e. The first-order valence-corrected chi connectivity index (χ1v) is 26.8. The largest absolute Gasteiger partial charge is 0.383 e. The van der Waals surface area contributed by atoms with Gasteiger partial charge in [0.15, 0.2) is 0 Å². The fraction of sp³-hybridized carbons (Fsp3) is 0.0526. The third kappa shape index (κ3) is 12.4. The summed E-state index contributed by atoms with van der Waals surface area (Å²) in [6.45, 7) is 0. The van der Waals surface area contributed by atoms with Gasteiger partial charge < -0.3 is 18.3 Å². The van der Waals surface area contributed by atoms with Crippen LogP contribution in [0.4, 0.5) is 0 Å². The summed E-state index contributed by atoms with van der Waals surface area (Å²) in [5, 5.41) is 10.1. The number of hydrogen-bond donors (Lipinski definition) is 0. The van der Waals surface area contributed by atoms with Crippen LogP contribution in [0.15, 0.2) is 243 Å². The average Bonchev–Trinajstić information content (AvgIpc) is 4.14. The van der Waals surface area contributed by atoms with E-state index in [9.17, 15) is 0 Å². The number of nitrogens with zero attached hydrogens (tertiary/aromatic N) is 4. The fourth-order valence-electron chi connectivity index (χ4n) is 11.2. The number of fused-ring (bicyclic) bond motifs is 12. The molecule has 0 aliphatic heterocycles. The zero-order valence-corrected chi connectivity index (χ0v) is 58.5. The van der Waals surface area contributed by atoms with Crippen LogP contribution < -0.4 is 0 Å². The van der Waals surface area contributed by atoms with Crippen molar-refractivity contribution in [2.24, 2.45) is 28.2 Å². The second-order valence-electron chi connectivity index (χ2n) is 20.0. The molecule has 0 amide bonds. The Morgan fingerprint density at radius 2 is 0.631 bits per heavy atom. The Hall–Kier alpha value is -5.74. The van der Waals surface area contributed by atoms with Crippen LogP contribution in [0.3, 0.4) is 0 Å². The molecule has 0 unspecified atom stereocenters. The molecule has 8 heteroatoms. The van der Waals surface area contributed by atoms with E-state index in [2.05, 4.69) is 265 Å². The zero-order valence-electron chi connectivity index (χ0n) is 47.2. The van der Waals surface area contributed by atoms with Gasteiger partial charge in [-0.1, -0.05) is 94.3 Å². The molecule has 0 saturated carbocycles. The van der Waals surface area contributed by atoms with Crippen molar-refractivity contribution >= 4 is 87.2 Å². The summed E-state index contributed by atoms with van der Waals surface area (Å²) in [5.74, 6) is 0. The van der Waals surface area contributed by atoms with E-state index in [0.717, 1.165) is 50.0 Å². The van der Waals surface area contributed by atoms with Gasteiger partial charge in [-0.15, -0.1) is 53.9 Å². The quantitative estimate of drug-likeness (QED) is 0.157. The fourth-order valence-corrected chi connectivity index (χ4v) is 11.2. The maximum atomic E-state index is 3.55. The first-order valence-electron chi connectivity index (χ1n) is 26.8. The summed E-state index contributed by atoms with van der Waals surface area (Å²) in [4.78, 5) is 0. The molecule has 0 aliphatic rings. The van der Waals surface area contributed by atoms with Crippen molar-refractivity contribution in [3.8, 4) is 44.5 Å². The Morgan fingerprint density at radius 1 is 0.238 bits per heavy atom. The Bertz CT molecular complexity index is 4550. The number of aryl methyl sites for hydroxylation is 4. The molecule has 16 rings (SSSR count). The van der Waals surface area contributed by atoms with Crippen molar-refractivity contribution < 1.29 is 131 Å². The summed E-state index contributed by atoms with van der Waals surface area (Å²) in [6.07, 6.45) is 0. The van der Waals surface area contributed by atoms with E-state index in [-0.39, 0.29) is 131 Å². The molecule has 12 aromatic carbocycles. The van der Waals surface area contributed by atoms with E-state index in [0.29, 0.717) is 0 Å². The summed E-state index contributed by atoms with van der Waals surface area (Å²) in [5.41, 5.74) is 18.5. The summed E-state index contributed by atoms with van der Waals surface area (Å²) in [7, 11) is 8.42. The number of aromatic nitrogens is 4. The van der Waals surface area contributed by atoms with Crippen molar-refractivity contribution in [2.45, 2.75) is 0 Å². The van der Waals surface area contributed by atoms with E-state index >= 15 is 0 Å². The molecule has 0 bridgehead atoms. The van der Waals surface area contributed by atoms with Crippen LogP contribution in [0.1, 0.15) is 0 Å². The molecule has 0 atom stereocenters. The van der Waals surface area contributed by atoms with Gasteiger partial charge in [0, 0.05) is 181 Å².